The molecule has 9 heteroatoms. The zero-order chi connectivity index (χ0) is 15.9. The molecule has 0 aliphatic carbocycles. The van der Waals surface area contributed by atoms with Crippen LogP contribution in [0.25, 0.3) is 11.2 Å². The van der Waals surface area contributed by atoms with E-state index in [0.29, 0.717) is 23.3 Å². The highest BCUT2D eigenvalue weighted by atomic mass is 16.6. The highest BCUT2D eigenvalue weighted by Gasteiger charge is 2.44. The Balaban J connectivity index is 2.07. The summed E-state index contributed by atoms with van der Waals surface area (Å²) in [6, 6.07) is 0. The number of aliphatic hydroxyl groups excluding tert-OH is 3. The van der Waals surface area contributed by atoms with Crippen molar-refractivity contribution < 1.29 is 20.1 Å². The molecule has 0 bridgehead atoms. The number of nitrogens with two attached hydrogens (primary N) is 1. The Morgan fingerprint density at radius 3 is 2.77 bits per heavy atom. The Morgan fingerprint density at radius 1 is 1.36 bits per heavy atom. The number of fused-ring (bicyclic) bond motifs is 1. The molecule has 1 saturated heterocycles. The topological polar surface area (TPSA) is 140 Å². The van der Waals surface area contributed by atoms with Gasteiger partial charge in [0.25, 0.3) is 0 Å². The van der Waals surface area contributed by atoms with Crippen LogP contribution in [0.15, 0.2) is 19.0 Å². The monoisotopic (exact) mass is 307 g/mol. The summed E-state index contributed by atoms with van der Waals surface area (Å²) in [5.41, 5.74) is 7.23. The van der Waals surface area contributed by atoms with Crippen LogP contribution in [0.1, 0.15) is 11.9 Å². The number of rotatable bonds is 4. The normalized spacial score (nSPS) is 28.3. The molecule has 0 radical (unpaired) electrons. The molecule has 5 N–H and O–H groups in total. The number of allylic oxidation sites excluding steroid dienone is 1. The van der Waals surface area contributed by atoms with Crippen molar-refractivity contribution in [2.45, 2.75) is 31.0 Å². The third-order valence-corrected chi connectivity index (χ3v) is 3.64. The van der Waals surface area contributed by atoms with Crippen LogP contribution in [-0.2, 0) is 11.2 Å². The fourth-order valence-corrected chi connectivity index (χ4v) is 2.57. The van der Waals surface area contributed by atoms with Crippen molar-refractivity contribution >= 4 is 17.1 Å². The molecule has 2 aromatic heterocycles. The van der Waals surface area contributed by atoms with E-state index in [4.69, 9.17) is 15.6 Å². The molecule has 0 unspecified atom stereocenters. The standard InChI is InChI=1S/C13H17N5O4/c1-2-3-6-8-11(17-13(14)16-6)18(5-15-8)12-10(21)9(20)7(4-19)22-12/h2,5,7,9-10,12,19-21H,1,3-4H2,(H2,14,16,17)/t7-,9-,10-,12-/m1/s1. The van der Waals surface area contributed by atoms with Crippen molar-refractivity contribution in [3.8, 4) is 0 Å². The fraction of sp³-hybridized carbons (Fsp3) is 0.462. The van der Waals surface area contributed by atoms with Crippen molar-refractivity contribution in [2.75, 3.05) is 12.3 Å². The molecule has 3 rings (SSSR count). The van der Waals surface area contributed by atoms with Crippen LogP contribution in [0.3, 0.4) is 0 Å². The van der Waals surface area contributed by atoms with Crippen LogP contribution >= 0.6 is 0 Å². The third kappa shape index (κ3) is 2.24. The second-order valence-corrected chi connectivity index (χ2v) is 5.07. The van der Waals surface area contributed by atoms with E-state index >= 15 is 0 Å². The lowest BCUT2D eigenvalue weighted by atomic mass is 10.1. The molecule has 0 amide bonds. The van der Waals surface area contributed by atoms with E-state index in [1.807, 2.05) is 0 Å². The first-order valence-corrected chi connectivity index (χ1v) is 6.79. The summed E-state index contributed by atoms with van der Waals surface area (Å²) in [5, 5.41) is 29.1. The van der Waals surface area contributed by atoms with Crippen molar-refractivity contribution in [3.05, 3.63) is 24.7 Å². The van der Waals surface area contributed by atoms with Gasteiger partial charge in [-0.05, 0) is 0 Å². The lowest BCUT2D eigenvalue weighted by molar-refractivity contribution is -0.0511. The number of nitrogen functional groups attached to an aromatic ring is 1. The van der Waals surface area contributed by atoms with E-state index in [1.54, 1.807) is 6.08 Å². The number of ether oxygens (including phenoxy) is 1. The summed E-state index contributed by atoms with van der Waals surface area (Å²) in [4.78, 5) is 12.5. The molecule has 9 nitrogen and oxygen atoms in total. The molecule has 0 saturated carbocycles. The van der Waals surface area contributed by atoms with Gasteiger partial charge in [-0.25, -0.2) is 9.97 Å². The van der Waals surface area contributed by atoms with Crippen LogP contribution in [0.2, 0.25) is 0 Å². The number of aliphatic hydroxyl groups is 3. The van der Waals surface area contributed by atoms with Gasteiger partial charge in [0, 0.05) is 6.42 Å². The van der Waals surface area contributed by atoms with Gasteiger partial charge in [0.05, 0.1) is 18.6 Å². The zero-order valence-corrected chi connectivity index (χ0v) is 11.7. The van der Waals surface area contributed by atoms with Gasteiger partial charge >= 0.3 is 0 Å². The Bertz CT molecular complexity index is 703. The molecule has 4 atom stereocenters. The van der Waals surface area contributed by atoms with Gasteiger partial charge in [0.1, 0.15) is 23.8 Å². The van der Waals surface area contributed by atoms with Gasteiger partial charge in [-0.1, -0.05) is 6.08 Å². The van der Waals surface area contributed by atoms with Crippen molar-refractivity contribution in [2.24, 2.45) is 0 Å². The van der Waals surface area contributed by atoms with Gasteiger partial charge < -0.3 is 25.8 Å². The number of nitrogens with zero attached hydrogens (tertiary/aromatic N) is 4. The SMILES string of the molecule is C=CCc1nc(N)nc2c1ncn2[C@@H]1O[C@H](CO)[C@@H](O)[C@H]1O. The van der Waals surface area contributed by atoms with E-state index in [2.05, 4.69) is 21.5 Å². The number of hydrogen-bond donors (Lipinski definition) is 4. The van der Waals surface area contributed by atoms with E-state index < -0.39 is 31.1 Å². The van der Waals surface area contributed by atoms with Gasteiger partial charge in [-0.2, -0.15) is 4.98 Å². The zero-order valence-electron chi connectivity index (χ0n) is 11.7. The average molecular weight is 307 g/mol. The van der Waals surface area contributed by atoms with E-state index in [0.717, 1.165) is 0 Å². The maximum Gasteiger partial charge on any atom is 0.222 e. The first-order chi connectivity index (χ1) is 10.6. The predicted octanol–water partition coefficient (Wildman–Crippen LogP) is -1.25. The Hall–Kier alpha value is -2.07. The summed E-state index contributed by atoms with van der Waals surface area (Å²) >= 11 is 0. The van der Waals surface area contributed by atoms with Crippen LogP contribution in [0.5, 0.6) is 0 Å². The predicted molar refractivity (Wildman–Crippen MR) is 76.6 cm³/mol. The smallest absolute Gasteiger partial charge is 0.222 e. The minimum Gasteiger partial charge on any atom is -0.394 e. The lowest BCUT2D eigenvalue weighted by Crippen LogP contribution is -2.33. The Morgan fingerprint density at radius 2 is 2.14 bits per heavy atom. The molecule has 0 spiro atoms. The maximum absolute atomic E-state index is 10.1. The number of anilines is 1. The number of hydrogen-bond acceptors (Lipinski definition) is 8. The van der Waals surface area contributed by atoms with Gasteiger partial charge in [-0.15, -0.1) is 6.58 Å². The molecular weight excluding hydrogens is 290 g/mol. The quantitative estimate of drug-likeness (QED) is 0.514. The number of imidazole rings is 1. The summed E-state index contributed by atoms with van der Waals surface area (Å²) in [7, 11) is 0. The van der Waals surface area contributed by atoms with E-state index in [1.165, 1.54) is 10.9 Å². The molecule has 3 heterocycles. The second-order valence-electron chi connectivity index (χ2n) is 5.07. The third-order valence-electron chi connectivity index (χ3n) is 3.64. The minimum absolute atomic E-state index is 0.0674. The molecule has 1 aliphatic heterocycles. The molecule has 1 aliphatic rings. The van der Waals surface area contributed by atoms with E-state index in [9.17, 15) is 10.2 Å². The average Bonchev–Trinajstić information content (AvgIpc) is 3.02. The number of aromatic nitrogens is 4. The highest BCUT2D eigenvalue weighted by Crippen LogP contribution is 2.31. The van der Waals surface area contributed by atoms with Crippen molar-refractivity contribution in [1.82, 2.24) is 19.5 Å². The highest BCUT2D eigenvalue weighted by molar-refractivity contribution is 5.75. The fourth-order valence-electron chi connectivity index (χ4n) is 2.57. The largest absolute Gasteiger partial charge is 0.394 e. The molecule has 22 heavy (non-hydrogen) atoms. The van der Waals surface area contributed by atoms with E-state index in [-0.39, 0.29) is 5.95 Å². The summed E-state index contributed by atoms with van der Waals surface area (Å²) in [6.07, 6.45) is -0.616. The minimum atomic E-state index is -1.21. The molecular formula is C13H17N5O4. The summed E-state index contributed by atoms with van der Waals surface area (Å²) < 4.78 is 6.95. The van der Waals surface area contributed by atoms with Crippen molar-refractivity contribution in [3.63, 3.8) is 0 Å². The first kappa shape index (κ1) is 14.9. The Kier molecular flexibility index (Phi) is 3.79. The second kappa shape index (κ2) is 5.61. The van der Waals surface area contributed by atoms with Crippen LogP contribution in [0.4, 0.5) is 5.95 Å². The molecule has 0 aromatic carbocycles. The Labute approximate surface area is 125 Å². The van der Waals surface area contributed by atoms with Gasteiger partial charge in [0.15, 0.2) is 11.9 Å². The maximum atomic E-state index is 10.1. The summed E-state index contributed by atoms with van der Waals surface area (Å²) in [5.74, 6) is 0.0674. The van der Waals surface area contributed by atoms with Crippen LogP contribution in [-0.4, -0.2) is 59.8 Å². The van der Waals surface area contributed by atoms with Gasteiger partial charge in [-0.3, -0.25) is 4.57 Å². The van der Waals surface area contributed by atoms with Crippen LogP contribution in [0, 0.1) is 0 Å². The molecule has 1 fully saturated rings. The van der Waals surface area contributed by atoms with Crippen LogP contribution < -0.4 is 5.73 Å². The molecule has 2 aromatic rings. The van der Waals surface area contributed by atoms with Crippen molar-refractivity contribution in [1.29, 1.82) is 0 Å². The summed E-state index contributed by atoms with van der Waals surface area (Å²) in [6.45, 7) is 3.26. The first-order valence-electron chi connectivity index (χ1n) is 6.79. The molecule has 118 valence electrons. The lowest BCUT2D eigenvalue weighted by Gasteiger charge is -2.16. The van der Waals surface area contributed by atoms with Gasteiger partial charge in [0.2, 0.25) is 5.95 Å².